The number of carbonyl (C=O) groups excluding carboxylic acids is 1. The number of pyridine rings is 2. The number of hydrogen-bond acceptors (Lipinski definition) is 5. The molecule has 0 radical (unpaired) electrons. The molecule has 2 aromatic heterocycles. The molecule has 4 heterocycles. The highest BCUT2D eigenvalue weighted by atomic mass is 16.5. The van der Waals surface area contributed by atoms with Gasteiger partial charge in [0.25, 0.3) is 5.91 Å². The predicted octanol–water partition coefficient (Wildman–Crippen LogP) is 2.09. The first-order valence-corrected chi connectivity index (χ1v) is 8.93. The molecule has 0 unspecified atom stereocenters. The summed E-state index contributed by atoms with van der Waals surface area (Å²) in [6.07, 6.45) is 5.23. The van der Waals surface area contributed by atoms with Gasteiger partial charge < -0.3 is 14.4 Å². The highest BCUT2D eigenvalue weighted by Crippen LogP contribution is 2.42. The van der Waals surface area contributed by atoms with E-state index in [2.05, 4.69) is 9.97 Å². The molecule has 26 heavy (non-hydrogen) atoms. The van der Waals surface area contributed by atoms with Gasteiger partial charge in [-0.05, 0) is 30.7 Å². The van der Waals surface area contributed by atoms with Crippen molar-refractivity contribution in [3.63, 3.8) is 0 Å². The van der Waals surface area contributed by atoms with Gasteiger partial charge in [0.2, 0.25) is 0 Å². The number of hydrogen-bond donors (Lipinski definition) is 0. The Kier molecular flexibility index (Phi) is 4.70. The van der Waals surface area contributed by atoms with E-state index in [9.17, 15) is 4.79 Å². The van der Waals surface area contributed by atoms with Gasteiger partial charge >= 0.3 is 0 Å². The molecule has 0 aromatic carbocycles. The molecule has 2 aromatic rings. The van der Waals surface area contributed by atoms with Crippen molar-refractivity contribution in [2.45, 2.75) is 13.5 Å². The summed E-state index contributed by atoms with van der Waals surface area (Å²) in [5.41, 5.74) is 2.49. The number of nitrogens with zero attached hydrogens (tertiary/aromatic N) is 3. The number of fused-ring (bicyclic) bond motifs is 1. The van der Waals surface area contributed by atoms with Crippen molar-refractivity contribution < 1.29 is 14.3 Å². The van der Waals surface area contributed by atoms with Crippen molar-refractivity contribution >= 4 is 5.91 Å². The van der Waals surface area contributed by atoms with Gasteiger partial charge in [-0.1, -0.05) is 6.07 Å². The van der Waals surface area contributed by atoms with Crippen molar-refractivity contribution in [3.05, 3.63) is 59.7 Å². The number of amides is 1. The first-order valence-electron chi connectivity index (χ1n) is 8.93. The maximum absolute atomic E-state index is 12.8. The minimum Gasteiger partial charge on any atom is -0.380 e. The van der Waals surface area contributed by atoms with Gasteiger partial charge in [-0.2, -0.15) is 0 Å². The summed E-state index contributed by atoms with van der Waals surface area (Å²) in [6.45, 7) is 5.73. The van der Waals surface area contributed by atoms with Gasteiger partial charge in [0.05, 0.1) is 32.0 Å². The Morgan fingerprint density at radius 2 is 2.31 bits per heavy atom. The zero-order chi connectivity index (χ0) is 18.0. The lowest BCUT2D eigenvalue weighted by Crippen LogP contribution is -2.37. The Labute approximate surface area is 153 Å². The van der Waals surface area contributed by atoms with Crippen molar-refractivity contribution in [2.24, 2.45) is 11.3 Å². The van der Waals surface area contributed by atoms with Crippen LogP contribution < -0.4 is 0 Å². The molecule has 0 N–H and O–H groups in total. The number of rotatable bonds is 5. The SMILES string of the molecule is Cc1ccc(C(=O)N2C[C@@H]3COC[C@]3(COCc3cccnc3)C2)cn1. The van der Waals surface area contributed by atoms with Crippen molar-refractivity contribution in [3.8, 4) is 0 Å². The standard InChI is InChI=1S/C20H23N3O3/c1-15-4-5-17(8-22-15)19(24)23-9-18-11-26-14-20(18,12-23)13-25-10-16-3-2-6-21-7-16/h2-8,18H,9-14H2,1H3/t18-,20-/m1/s1. The maximum atomic E-state index is 12.8. The quantitative estimate of drug-likeness (QED) is 0.824. The summed E-state index contributed by atoms with van der Waals surface area (Å²) < 4.78 is 11.7. The molecular formula is C20H23N3O3. The van der Waals surface area contributed by atoms with Gasteiger partial charge in [-0.25, -0.2) is 0 Å². The van der Waals surface area contributed by atoms with E-state index in [0.717, 1.165) is 11.3 Å². The normalized spacial score (nSPS) is 24.7. The molecule has 2 saturated heterocycles. The predicted molar refractivity (Wildman–Crippen MR) is 95.5 cm³/mol. The van der Waals surface area contributed by atoms with E-state index in [4.69, 9.17) is 9.47 Å². The molecular weight excluding hydrogens is 330 g/mol. The average Bonchev–Trinajstić information content (AvgIpc) is 3.20. The molecule has 2 fully saturated rings. The second-order valence-electron chi connectivity index (χ2n) is 7.30. The number of ether oxygens (including phenoxy) is 2. The van der Waals surface area contributed by atoms with E-state index >= 15 is 0 Å². The van der Waals surface area contributed by atoms with E-state index in [0.29, 0.717) is 51.0 Å². The molecule has 136 valence electrons. The van der Waals surface area contributed by atoms with Crippen LogP contribution in [0.1, 0.15) is 21.6 Å². The van der Waals surface area contributed by atoms with Gasteiger partial charge in [0.15, 0.2) is 0 Å². The zero-order valence-electron chi connectivity index (χ0n) is 14.9. The molecule has 6 heteroatoms. The van der Waals surface area contributed by atoms with E-state index in [-0.39, 0.29) is 11.3 Å². The maximum Gasteiger partial charge on any atom is 0.255 e. The monoisotopic (exact) mass is 353 g/mol. The van der Waals surface area contributed by atoms with Crippen LogP contribution in [0.4, 0.5) is 0 Å². The van der Waals surface area contributed by atoms with Crippen LogP contribution in [0.2, 0.25) is 0 Å². The topological polar surface area (TPSA) is 64.6 Å². The van der Waals surface area contributed by atoms with E-state index in [1.165, 1.54) is 0 Å². The third-order valence-electron chi connectivity index (χ3n) is 5.35. The van der Waals surface area contributed by atoms with Crippen LogP contribution in [0.5, 0.6) is 0 Å². The molecule has 0 spiro atoms. The fourth-order valence-corrected chi connectivity index (χ4v) is 3.82. The number of carbonyl (C=O) groups is 1. The smallest absolute Gasteiger partial charge is 0.255 e. The summed E-state index contributed by atoms with van der Waals surface area (Å²) in [5.74, 6) is 0.359. The van der Waals surface area contributed by atoms with Gasteiger partial charge in [0.1, 0.15) is 0 Å². The van der Waals surface area contributed by atoms with E-state index in [1.54, 1.807) is 12.4 Å². The molecule has 2 aliphatic heterocycles. The average molecular weight is 353 g/mol. The highest BCUT2D eigenvalue weighted by molar-refractivity contribution is 5.94. The highest BCUT2D eigenvalue weighted by Gasteiger charge is 2.52. The summed E-state index contributed by atoms with van der Waals surface area (Å²) in [7, 11) is 0. The lowest BCUT2D eigenvalue weighted by molar-refractivity contribution is 0.0185. The first-order chi connectivity index (χ1) is 12.7. The second kappa shape index (κ2) is 7.13. The molecule has 6 nitrogen and oxygen atoms in total. The second-order valence-corrected chi connectivity index (χ2v) is 7.30. The molecule has 4 rings (SSSR count). The van der Waals surface area contributed by atoms with Crippen LogP contribution in [-0.4, -0.2) is 53.7 Å². The Hall–Kier alpha value is -2.31. The Bertz CT molecular complexity index is 766. The Morgan fingerprint density at radius 1 is 1.38 bits per heavy atom. The third kappa shape index (κ3) is 3.34. The molecule has 0 saturated carbocycles. The molecule has 1 amide bonds. The largest absolute Gasteiger partial charge is 0.380 e. The Balaban J connectivity index is 1.41. The number of aryl methyl sites for hydroxylation is 1. The van der Waals surface area contributed by atoms with E-state index in [1.807, 2.05) is 42.3 Å². The summed E-state index contributed by atoms with van der Waals surface area (Å²) >= 11 is 0. The van der Waals surface area contributed by atoms with Crippen LogP contribution in [0.25, 0.3) is 0 Å². The molecule has 2 aliphatic rings. The summed E-state index contributed by atoms with van der Waals surface area (Å²) in [6, 6.07) is 7.63. The number of likely N-dealkylation sites (tertiary alicyclic amines) is 1. The molecule has 0 bridgehead atoms. The number of aromatic nitrogens is 2. The summed E-state index contributed by atoms with van der Waals surface area (Å²) in [4.78, 5) is 23.1. The minimum absolute atomic E-state index is 0.0403. The minimum atomic E-state index is -0.115. The Morgan fingerprint density at radius 3 is 3.08 bits per heavy atom. The molecule has 0 aliphatic carbocycles. The first kappa shape index (κ1) is 17.1. The van der Waals surface area contributed by atoms with Crippen molar-refractivity contribution in [1.82, 2.24) is 14.9 Å². The van der Waals surface area contributed by atoms with Crippen molar-refractivity contribution in [1.29, 1.82) is 0 Å². The fourth-order valence-electron chi connectivity index (χ4n) is 3.82. The van der Waals surface area contributed by atoms with Crippen LogP contribution in [0.3, 0.4) is 0 Å². The molecule has 2 atom stereocenters. The lowest BCUT2D eigenvalue weighted by atomic mass is 9.82. The van der Waals surface area contributed by atoms with Crippen LogP contribution in [0, 0.1) is 18.3 Å². The van der Waals surface area contributed by atoms with E-state index < -0.39 is 0 Å². The summed E-state index contributed by atoms with van der Waals surface area (Å²) in [5, 5.41) is 0. The van der Waals surface area contributed by atoms with Crippen LogP contribution in [0.15, 0.2) is 42.9 Å². The van der Waals surface area contributed by atoms with Gasteiger partial charge in [-0.3, -0.25) is 14.8 Å². The third-order valence-corrected chi connectivity index (χ3v) is 5.35. The lowest BCUT2D eigenvalue weighted by Gasteiger charge is -2.27. The zero-order valence-corrected chi connectivity index (χ0v) is 14.9. The van der Waals surface area contributed by atoms with Crippen LogP contribution >= 0.6 is 0 Å². The van der Waals surface area contributed by atoms with Gasteiger partial charge in [-0.15, -0.1) is 0 Å². The van der Waals surface area contributed by atoms with Crippen molar-refractivity contribution in [2.75, 3.05) is 32.9 Å². The van der Waals surface area contributed by atoms with Gasteiger partial charge in [0, 0.05) is 48.7 Å². The van der Waals surface area contributed by atoms with Crippen LogP contribution in [-0.2, 0) is 16.1 Å². The fraction of sp³-hybridized carbons (Fsp3) is 0.450.